The number of aryl methyl sites for hydroxylation is 1. The third kappa shape index (κ3) is 6.14. The fourth-order valence-corrected chi connectivity index (χ4v) is 4.80. The fraction of sp³-hybridized carbons (Fsp3) is 0.286. The van der Waals surface area contributed by atoms with Crippen molar-refractivity contribution in [2.75, 3.05) is 18.0 Å². The zero-order valence-electron chi connectivity index (χ0n) is 19.7. The van der Waals surface area contributed by atoms with E-state index in [0.717, 1.165) is 29.1 Å². The number of anilines is 1. The molecular weight excluding hydrogens is 442 g/mol. The molecule has 2 N–H and O–H groups in total. The highest BCUT2D eigenvalue weighted by molar-refractivity contribution is 7.10. The summed E-state index contributed by atoms with van der Waals surface area (Å²) in [6.45, 7) is 6.09. The maximum absolute atomic E-state index is 13.2. The molecule has 0 unspecified atom stereocenters. The van der Waals surface area contributed by atoms with Crippen LogP contribution in [0.4, 0.5) is 5.69 Å². The van der Waals surface area contributed by atoms with E-state index in [1.54, 1.807) is 12.1 Å². The van der Waals surface area contributed by atoms with Crippen molar-refractivity contribution in [3.8, 4) is 0 Å². The smallest absolute Gasteiger partial charge is 0.268 e. The van der Waals surface area contributed by atoms with E-state index in [9.17, 15) is 9.59 Å². The number of rotatable bonds is 7. The number of piperidine rings is 1. The molecule has 0 aliphatic carbocycles. The Labute approximate surface area is 205 Å². The van der Waals surface area contributed by atoms with Crippen LogP contribution < -0.4 is 15.5 Å². The zero-order valence-corrected chi connectivity index (χ0v) is 20.5. The minimum Gasteiger partial charge on any atom is -0.372 e. The van der Waals surface area contributed by atoms with Gasteiger partial charge in [-0.15, -0.1) is 11.3 Å². The van der Waals surface area contributed by atoms with Gasteiger partial charge in [-0.2, -0.15) is 0 Å². The van der Waals surface area contributed by atoms with Crippen molar-refractivity contribution in [3.63, 3.8) is 0 Å². The highest BCUT2D eigenvalue weighted by Gasteiger charge is 2.18. The van der Waals surface area contributed by atoms with Gasteiger partial charge in [0.2, 0.25) is 0 Å². The molecule has 6 heteroatoms. The van der Waals surface area contributed by atoms with Crippen molar-refractivity contribution >= 4 is 34.9 Å². The van der Waals surface area contributed by atoms with Gasteiger partial charge in [-0.3, -0.25) is 9.59 Å². The molecule has 1 fully saturated rings. The maximum atomic E-state index is 13.2. The largest absolute Gasteiger partial charge is 0.372 e. The summed E-state index contributed by atoms with van der Waals surface area (Å²) in [6, 6.07) is 19.4. The van der Waals surface area contributed by atoms with Gasteiger partial charge in [0.1, 0.15) is 5.70 Å². The second-order valence-electron chi connectivity index (χ2n) is 8.73. The SMILES string of the molecule is Cc1cccc(C(=O)N/C(=C\c2cccs2)C(=O)N[C@H](C)c2ccc(N3CCCCC3)cc2)c1. The summed E-state index contributed by atoms with van der Waals surface area (Å²) >= 11 is 1.51. The third-order valence-electron chi connectivity index (χ3n) is 6.06. The van der Waals surface area contributed by atoms with Gasteiger partial charge in [-0.25, -0.2) is 0 Å². The lowest BCUT2D eigenvalue weighted by molar-refractivity contribution is -0.118. The lowest BCUT2D eigenvalue weighted by Crippen LogP contribution is -2.36. The van der Waals surface area contributed by atoms with E-state index in [-0.39, 0.29) is 23.6 Å². The zero-order chi connectivity index (χ0) is 23.9. The van der Waals surface area contributed by atoms with E-state index >= 15 is 0 Å². The molecule has 0 saturated carbocycles. The highest BCUT2D eigenvalue weighted by Crippen LogP contribution is 2.23. The average molecular weight is 474 g/mol. The predicted octanol–water partition coefficient (Wildman–Crippen LogP) is 5.70. The summed E-state index contributed by atoms with van der Waals surface area (Å²) in [7, 11) is 0. The molecule has 2 heterocycles. The Bertz CT molecular complexity index is 1150. The van der Waals surface area contributed by atoms with Crippen LogP contribution in [0.1, 0.15) is 58.6 Å². The van der Waals surface area contributed by atoms with Crippen LogP contribution in [0.3, 0.4) is 0 Å². The number of nitrogens with one attached hydrogen (secondary N) is 2. The van der Waals surface area contributed by atoms with Crippen molar-refractivity contribution in [1.29, 1.82) is 0 Å². The first-order valence-electron chi connectivity index (χ1n) is 11.8. The Balaban J connectivity index is 1.47. The topological polar surface area (TPSA) is 61.4 Å². The molecule has 2 amide bonds. The van der Waals surface area contributed by atoms with E-state index in [1.807, 2.05) is 49.6 Å². The first-order valence-corrected chi connectivity index (χ1v) is 12.7. The first-order chi connectivity index (χ1) is 16.5. The summed E-state index contributed by atoms with van der Waals surface area (Å²) in [5.74, 6) is -0.623. The molecule has 1 aliphatic rings. The Morgan fingerprint density at radius 2 is 1.76 bits per heavy atom. The second-order valence-corrected chi connectivity index (χ2v) is 9.71. The third-order valence-corrected chi connectivity index (χ3v) is 6.88. The Morgan fingerprint density at radius 3 is 2.44 bits per heavy atom. The van der Waals surface area contributed by atoms with E-state index in [0.29, 0.717) is 5.56 Å². The lowest BCUT2D eigenvalue weighted by atomic mass is 10.1. The van der Waals surface area contributed by atoms with Gasteiger partial charge < -0.3 is 15.5 Å². The van der Waals surface area contributed by atoms with Crippen LogP contribution >= 0.6 is 11.3 Å². The maximum Gasteiger partial charge on any atom is 0.268 e. The first kappa shape index (κ1) is 23.8. The van der Waals surface area contributed by atoms with Crippen LogP contribution in [0.2, 0.25) is 0 Å². The Kier molecular flexibility index (Phi) is 7.80. The molecule has 1 atom stereocenters. The van der Waals surface area contributed by atoms with Gasteiger partial charge in [0.25, 0.3) is 11.8 Å². The summed E-state index contributed by atoms with van der Waals surface area (Å²) in [5, 5.41) is 7.80. The van der Waals surface area contributed by atoms with Crippen molar-refractivity contribution < 1.29 is 9.59 Å². The predicted molar refractivity (Wildman–Crippen MR) is 140 cm³/mol. The van der Waals surface area contributed by atoms with E-state index < -0.39 is 0 Å². The summed E-state index contributed by atoms with van der Waals surface area (Å²) < 4.78 is 0. The standard InChI is InChI=1S/C28H31N3O2S/c1-20-8-6-9-23(18-20)27(32)30-26(19-25-10-7-17-34-25)28(33)29-21(2)22-11-13-24(14-12-22)31-15-4-3-5-16-31/h6-14,17-19,21H,3-5,15-16H2,1-2H3,(H,29,33)(H,30,32)/b26-19-/t21-/m1/s1. The molecule has 3 aromatic rings. The van der Waals surface area contributed by atoms with Crippen LogP contribution in [0.5, 0.6) is 0 Å². The van der Waals surface area contributed by atoms with Crippen LogP contribution in [-0.4, -0.2) is 24.9 Å². The minimum atomic E-state index is -0.318. The number of hydrogen-bond acceptors (Lipinski definition) is 4. The molecular formula is C28H31N3O2S. The molecule has 176 valence electrons. The monoisotopic (exact) mass is 473 g/mol. The van der Waals surface area contributed by atoms with Crippen molar-refractivity contribution in [2.24, 2.45) is 0 Å². The summed E-state index contributed by atoms with van der Waals surface area (Å²) in [4.78, 5) is 29.4. The van der Waals surface area contributed by atoms with E-state index in [4.69, 9.17) is 0 Å². The molecule has 0 radical (unpaired) electrons. The second kappa shape index (κ2) is 11.2. The number of benzene rings is 2. The number of carbonyl (C=O) groups is 2. The molecule has 1 aromatic heterocycles. The lowest BCUT2D eigenvalue weighted by Gasteiger charge is -2.29. The molecule has 5 nitrogen and oxygen atoms in total. The summed E-state index contributed by atoms with van der Waals surface area (Å²) in [5.41, 5.74) is 3.99. The molecule has 1 aliphatic heterocycles. The Hall–Kier alpha value is -3.38. The van der Waals surface area contributed by atoms with Gasteiger partial charge in [-0.1, -0.05) is 35.9 Å². The van der Waals surface area contributed by atoms with Gasteiger partial charge in [0.15, 0.2) is 0 Å². The quantitative estimate of drug-likeness (QED) is 0.433. The Morgan fingerprint density at radius 1 is 1.00 bits per heavy atom. The average Bonchev–Trinajstić information content (AvgIpc) is 3.37. The van der Waals surface area contributed by atoms with Crippen molar-refractivity contribution in [3.05, 3.63) is 93.3 Å². The van der Waals surface area contributed by atoms with Crippen LogP contribution in [0.15, 0.2) is 71.7 Å². The fourth-order valence-electron chi connectivity index (χ4n) is 4.14. The molecule has 4 rings (SSSR count). The van der Waals surface area contributed by atoms with Crippen molar-refractivity contribution in [2.45, 2.75) is 39.2 Å². The van der Waals surface area contributed by atoms with E-state index in [2.05, 4.69) is 39.8 Å². The normalized spacial score (nSPS) is 15.0. The summed E-state index contributed by atoms with van der Waals surface area (Å²) in [6.07, 6.45) is 5.50. The van der Waals surface area contributed by atoms with Gasteiger partial charge in [0, 0.05) is 29.2 Å². The van der Waals surface area contributed by atoms with Gasteiger partial charge >= 0.3 is 0 Å². The number of carbonyl (C=O) groups excluding carboxylic acids is 2. The van der Waals surface area contributed by atoms with E-state index in [1.165, 1.54) is 36.3 Å². The molecule has 2 aromatic carbocycles. The molecule has 1 saturated heterocycles. The molecule has 34 heavy (non-hydrogen) atoms. The number of nitrogens with zero attached hydrogens (tertiary/aromatic N) is 1. The molecule has 0 bridgehead atoms. The number of thiophene rings is 1. The minimum absolute atomic E-state index is 0.203. The number of amides is 2. The van der Waals surface area contributed by atoms with Gasteiger partial charge in [0.05, 0.1) is 6.04 Å². The molecule has 0 spiro atoms. The van der Waals surface area contributed by atoms with Crippen LogP contribution in [0.25, 0.3) is 6.08 Å². The van der Waals surface area contributed by atoms with Crippen LogP contribution in [0, 0.1) is 6.92 Å². The van der Waals surface area contributed by atoms with Crippen LogP contribution in [-0.2, 0) is 4.79 Å². The number of hydrogen-bond donors (Lipinski definition) is 2. The highest BCUT2D eigenvalue weighted by atomic mass is 32.1. The van der Waals surface area contributed by atoms with Gasteiger partial charge in [-0.05, 0) is 80.5 Å². The van der Waals surface area contributed by atoms with Crippen molar-refractivity contribution in [1.82, 2.24) is 10.6 Å².